The van der Waals surface area contributed by atoms with Crippen molar-refractivity contribution in [2.45, 2.75) is 116 Å². The van der Waals surface area contributed by atoms with Crippen LogP contribution in [-0.2, 0) is 14.4 Å². The molecule has 0 spiro atoms. The first-order chi connectivity index (χ1) is 21.1. The second-order valence-corrected chi connectivity index (χ2v) is 16.3. The molecule has 2 aliphatic heterocycles. The summed E-state index contributed by atoms with van der Waals surface area (Å²) < 4.78 is 29.1. The van der Waals surface area contributed by atoms with Gasteiger partial charge >= 0.3 is 0 Å². The van der Waals surface area contributed by atoms with Gasteiger partial charge in [0.25, 0.3) is 0 Å². The smallest absolute Gasteiger partial charge is 0.246 e. The van der Waals surface area contributed by atoms with Gasteiger partial charge in [0.2, 0.25) is 17.7 Å². The van der Waals surface area contributed by atoms with Gasteiger partial charge in [0, 0.05) is 56.2 Å². The normalized spacial score (nSPS) is 29.7. The van der Waals surface area contributed by atoms with E-state index in [1.807, 2.05) is 32.7 Å². The minimum atomic E-state index is -1.00. The maximum atomic E-state index is 15.2. The molecule has 4 aliphatic rings. The van der Waals surface area contributed by atoms with Crippen molar-refractivity contribution in [3.8, 4) is 0 Å². The van der Waals surface area contributed by atoms with Crippen LogP contribution >= 0.6 is 0 Å². The Morgan fingerprint density at radius 3 is 2.24 bits per heavy atom. The second kappa shape index (κ2) is 12.7. The van der Waals surface area contributed by atoms with E-state index in [1.54, 1.807) is 7.05 Å². The van der Waals surface area contributed by atoms with E-state index < -0.39 is 34.4 Å². The van der Waals surface area contributed by atoms with Crippen LogP contribution in [0.4, 0.5) is 8.78 Å². The van der Waals surface area contributed by atoms with Gasteiger partial charge in [0.05, 0.1) is 11.5 Å². The topological polar surface area (TPSA) is 73.0 Å². The zero-order valence-electron chi connectivity index (χ0n) is 28.4. The third-order valence-corrected chi connectivity index (χ3v) is 11.6. The Morgan fingerprint density at radius 2 is 1.64 bits per heavy atom. The maximum absolute atomic E-state index is 15.2. The second-order valence-electron chi connectivity index (χ2n) is 16.3. The minimum Gasteiger partial charge on any atom is -0.335 e. The third kappa shape index (κ3) is 6.45. The van der Waals surface area contributed by atoms with Crippen LogP contribution in [0.25, 0.3) is 0 Å². The van der Waals surface area contributed by atoms with Crippen LogP contribution in [0.15, 0.2) is 18.2 Å². The molecule has 1 N–H and O–H groups in total. The highest BCUT2D eigenvalue weighted by Crippen LogP contribution is 2.52. The third-order valence-electron chi connectivity index (χ3n) is 11.6. The number of benzene rings is 1. The van der Waals surface area contributed by atoms with E-state index in [0.717, 1.165) is 57.4 Å². The fourth-order valence-corrected chi connectivity index (χ4v) is 8.95. The van der Waals surface area contributed by atoms with Crippen molar-refractivity contribution in [3.05, 3.63) is 35.4 Å². The molecule has 3 amide bonds. The molecule has 2 heterocycles. The number of imide groups is 1. The molecule has 0 bridgehead atoms. The molecule has 2 aliphatic carbocycles. The van der Waals surface area contributed by atoms with Crippen LogP contribution in [0.1, 0.15) is 104 Å². The molecule has 7 nitrogen and oxygen atoms in total. The summed E-state index contributed by atoms with van der Waals surface area (Å²) >= 11 is 0. The first-order valence-electron chi connectivity index (χ1n) is 17.1. The molecule has 2 saturated heterocycles. The SMILES string of the molecule is CN(C(=O)[C@@H]1C[C@H](N(C(=O)C(C)(C)C)C2CCC(C)(C)CC2)CN1C)C(=O)[C@]1(C2CCCC2)CNC[C@H]1c1ccc(F)cc1F. The van der Waals surface area contributed by atoms with Crippen molar-refractivity contribution in [1.29, 1.82) is 0 Å². The van der Waals surface area contributed by atoms with E-state index in [1.165, 1.54) is 17.0 Å². The summed E-state index contributed by atoms with van der Waals surface area (Å²) in [5.74, 6) is -2.26. The van der Waals surface area contributed by atoms with Gasteiger partial charge in [-0.2, -0.15) is 0 Å². The predicted molar refractivity (Wildman–Crippen MR) is 171 cm³/mol. The van der Waals surface area contributed by atoms with Gasteiger partial charge in [-0.25, -0.2) is 8.78 Å². The highest BCUT2D eigenvalue weighted by Gasteiger charge is 2.58. The lowest BCUT2D eigenvalue weighted by Crippen LogP contribution is -2.55. The number of carbonyl (C=O) groups excluding carboxylic acids is 3. The van der Waals surface area contributed by atoms with Gasteiger partial charge in [0.15, 0.2) is 0 Å². The molecule has 1 aromatic rings. The molecule has 4 atom stereocenters. The van der Waals surface area contributed by atoms with Gasteiger partial charge in [-0.3, -0.25) is 24.2 Å². The molecular formula is C36H54F2N4O3. The van der Waals surface area contributed by atoms with Crippen molar-refractivity contribution in [3.63, 3.8) is 0 Å². The van der Waals surface area contributed by atoms with Gasteiger partial charge < -0.3 is 10.2 Å². The molecule has 45 heavy (non-hydrogen) atoms. The minimum absolute atomic E-state index is 0.00536. The van der Waals surface area contributed by atoms with Gasteiger partial charge in [-0.15, -0.1) is 0 Å². The lowest BCUT2D eigenvalue weighted by molar-refractivity contribution is -0.155. The molecule has 4 fully saturated rings. The Balaban J connectivity index is 1.40. The number of nitrogens with zero attached hydrogens (tertiary/aromatic N) is 3. The Bertz CT molecular complexity index is 1280. The van der Waals surface area contributed by atoms with E-state index in [2.05, 4.69) is 24.1 Å². The number of halogens is 2. The maximum Gasteiger partial charge on any atom is 0.246 e. The quantitative estimate of drug-likeness (QED) is 0.408. The highest BCUT2D eigenvalue weighted by atomic mass is 19.1. The summed E-state index contributed by atoms with van der Waals surface area (Å²) in [5.41, 5.74) is -0.958. The summed E-state index contributed by atoms with van der Waals surface area (Å²) in [5, 5.41) is 3.35. The van der Waals surface area contributed by atoms with E-state index in [-0.39, 0.29) is 41.1 Å². The number of rotatable bonds is 6. The first-order valence-corrected chi connectivity index (χ1v) is 17.1. The molecule has 2 saturated carbocycles. The fourth-order valence-electron chi connectivity index (χ4n) is 8.95. The predicted octanol–water partition coefficient (Wildman–Crippen LogP) is 5.73. The van der Waals surface area contributed by atoms with E-state index in [4.69, 9.17) is 0 Å². The van der Waals surface area contributed by atoms with Crippen LogP contribution in [0.3, 0.4) is 0 Å². The fraction of sp³-hybridized carbons (Fsp3) is 0.750. The van der Waals surface area contributed by atoms with Crippen LogP contribution in [0.5, 0.6) is 0 Å². The standard InChI is InChI=1S/C36H54F2N4O3/c1-34(2,3)32(44)42(25-14-16-35(4,5)17-15-25)26-19-30(40(6)21-26)31(43)41(7)33(45)36(23-10-8-9-11-23)22-39-20-28(36)27-13-12-24(37)18-29(27)38/h12-13,18,23,25-26,28,30,39H,8-11,14-17,19-22H2,1-7H3/t26-,28-,30-,36-/m0/s1. The van der Waals surface area contributed by atoms with Crippen LogP contribution in [-0.4, -0.2) is 84.3 Å². The molecule has 0 aromatic heterocycles. The van der Waals surface area contributed by atoms with Crippen LogP contribution in [0.2, 0.25) is 0 Å². The largest absolute Gasteiger partial charge is 0.335 e. The number of hydrogen-bond acceptors (Lipinski definition) is 5. The Hall–Kier alpha value is -2.39. The zero-order valence-corrected chi connectivity index (χ0v) is 28.4. The zero-order chi connectivity index (χ0) is 32.9. The number of hydrogen-bond donors (Lipinski definition) is 1. The average molecular weight is 629 g/mol. The molecular weight excluding hydrogens is 574 g/mol. The highest BCUT2D eigenvalue weighted by molar-refractivity contribution is 6.01. The lowest BCUT2D eigenvalue weighted by Gasteiger charge is -2.45. The van der Waals surface area contributed by atoms with E-state index >= 15 is 4.39 Å². The molecule has 0 radical (unpaired) electrons. The molecule has 250 valence electrons. The molecule has 1 aromatic carbocycles. The molecule has 0 unspecified atom stereocenters. The van der Waals surface area contributed by atoms with Gasteiger partial charge in [-0.05, 0) is 75.0 Å². The summed E-state index contributed by atoms with van der Waals surface area (Å²) in [6, 6.07) is 3.07. The van der Waals surface area contributed by atoms with Crippen molar-refractivity contribution < 1.29 is 23.2 Å². The Morgan fingerprint density at radius 1 is 1.00 bits per heavy atom. The number of nitrogens with one attached hydrogen (secondary N) is 1. The number of carbonyl (C=O) groups is 3. The van der Waals surface area contributed by atoms with Crippen LogP contribution < -0.4 is 5.32 Å². The summed E-state index contributed by atoms with van der Waals surface area (Å²) in [6.45, 7) is 11.8. The summed E-state index contributed by atoms with van der Waals surface area (Å²) in [7, 11) is 3.48. The van der Waals surface area contributed by atoms with E-state index in [9.17, 15) is 18.8 Å². The van der Waals surface area contributed by atoms with Gasteiger partial charge in [0.1, 0.15) is 11.6 Å². The number of amides is 3. The summed E-state index contributed by atoms with van der Waals surface area (Å²) in [4.78, 5) is 48.3. The lowest BCUT2D eigenvalue weighted by atomic mass is 9.64. The first kappa shape index (κ1) is 34.0. The molecule has 9 heteroatoms. The van der Waals surface area contributed by atoms with Crippen LogP contribution in [0, 0.1) is 33.8 Å². The van der Waals surface area contributed by atoms with Crippen molar-refractivity contribution >= 4 is 17.7 Å². The van der Waals surface area contributed by atoms with E-state index in [0.29, 0.717) is 31.6 Å². The van der Waals surface area contributed by atoms with Gasteiger partial charge in [-0.1, -0.05) is 53.5 Å². The Labute approximate surface area is 268 Å². The van der Waals surface area contributed by atoms with Crippen molar-refractivity contribution in [1.82, 2.24) is 20.0 Å². The average Bonchev–Trinajstić information content (AvgIpc) is 3.73. The van der Waals surface area contributed by atoms with Crippen molar-refractivity contribution in [2.75, 3.05) is 33.7 Å². The summed E-state index contributed by atoms with van der Waals surface area (Å²) in [6.07, 6.45) is 8.12. The number of likely N-dealkylation sites (tertiary alicyclic amines) is 1. The monoisotopic (exact) mass is 628 g/mol. The van der Waals surface area contributed by atoms with Crippen molar-refractivity contribution in [2.24, 2.45) is 22.2 Å². The molecule has 5 rings (SSSR count). The number of likely N-dealkylation sites (N-methyl/N-ethyl adjacent to an activating group) is 2. The Kier molecular flexibility index (Phi) is 9.56.